The molecule has 7 heteroatoms. The van der Waals surface area contributed by atoms with Crippen molar-refractivity contribution in [3.8, 4) is 11.5 Å². The zero-order chi connectivity index (χ0) is 13.4. The van der Waals surface area contributed by atoms with Crippen molar-refractivity contribution >= 4 is 11.0 Å². The Labute approximate surface area is 114 Å². The minimum Gasteiger partial charge on any atom is -0.489 e. The smallest absolute Gasteiger partial charge is 0.163 e. The molecule has 2 aromatic heterocycles. The molecular weight excluding hydrogens is 258 g/mol. The van der Waals surface area contributed by atoms with Crippen molar-refractivity contribution in [3.63, 3.8) is 0 Å². The third kappa shape index (κ3) is 1.97. The predicted molar refractivity (Wildman–Crippen MR) is 70.8 cm³/mol. The fourth-order valence-corrected chi connectivity index (χ4v) is 2.26. The summed E-state index contributed by atoms with van der Waals surface area (Å²) in [4.78, 5) is 11.7. The topological polar surface area (TPSA) is 77.9 Å². The van der Waals surface area contributed by atoms with Crippen LogP contribution in [0.1, 0.15) is 12.2 Å². The molecule has 0 aliphatic carbocycles. The lowest BCUT2D eigenvalue weighted by Crippen LogP contribution is -2.01. The van der Waals surface area contributed by atoms with Crippen molar-refractivity contribution < 1.29 is 9.47 Å². The Hall–Kier alpha value is -2.57. The molecule has 0 fully saturated rings. The molecule has 4 rings (SSSR count). The van der Waals surface area contributed by atoms with E-state index in [4.69, 9.17) is 9.47 Å². The van der Waals surface area contributed by atoms with Crippen LogP contribution in [0, 0.1) is 0 Å². The fourth-order valence-electron chi connectivity index (χ4n) is 2.26. The molecule has 1 N–H and O–H groups in total. The zero-order valence-electron chi connectivity index (χ0n) is 10.7. The van der Waals surface area contributed by atoms with Crippen LogP contribution in [-0.4, -0.2) is 37.9 Å². The van der Waals surface area contributed by atoms with Crippen LogP contribution in [0.25, 0.3) is 11.0 Å². The second kappa shape index (κ2) is 4.52. The number of fused-ring (bicyclic) bond motifs is 2. The van der Waals surface area contributed by atoms with Crippen molar-refractivity contribution in [1.29, 1.82) is 0 Å². The van der Waals surface area contributed by atoms with Crippen LogP contribution in [0.3, 0.4) is 0 Å². The molecule has 0 amide bonds. The van der Waals surface area contributed by atoms with E-state index in [1.165, 1.54) is 6.33 Å². The molecule has 102 valence electrons. The highest BCUT2D eigenvalue weighted by atomic mass is 16.5. The van der Waals surface area contributed by atoms with Crippen LogP contribution < -0.4 is 9.47 Å². The van der Waals surface area contributed by atoms with Gasteiger partial charge in [-0.15, -0.1) is 0 Å². The molecule has 0 spiro atoms. The van der Waals surface area contributed by atoms with Crippen LogP contribution in [-0.2, 0) is 6.54 Å². The summed E-state index contributed by atoms with van der Waals surface area (Å²) >= 11 is 0. The Morgan fingerprint density at radius 2 is 2.05 bits per heavy atom. The summed E-state index contributed by atoms with van der Waals surface area (Å²) in [5, 5.41) is 4.07. The van der Waals surface area contributed by atoms with Crippen molar-refractivity contribution in [2.75, 3.05) is 13.2 Å². The Kier molecular flexibility index (Phi) is 2.55. The largest absolute Gasteiger partial charge is 0.489 e. The maximum absolute atomic E-state index is 5.67. The summed E-state index contributed by atoms with van der Waals surface area (Å²) in [6, 6.07) is 3.85. The lowest BCUT2D eigenvalue weighted by Gasteiger charge is -2.05. The quantitative estimate of drug-likeness (QED) is 0.761. The van der Waals surface area contributed by atoms with Crippen molar-refractivity contribution in [2.24, 2.45) is 0 Å². The third-order valence-corrected chi connectivity index (χ3v) is 3.18. The van der Waals surface area contributed by atoms with Gasteiger partial charge in [-0.2, -0.15) is 5.10 Å². The van der Waals surface area contributed by atoms with Gasteiger partial charge in [0.2, 0.25) is 0 Å². The minimum atomic E-state index is 0.557. The summed E-state index contributed by atoms with van der Waals surface area (Å²) in [5.41, 5.74) is 1.80. The molecule has 0 unspecified atom stereocenters. The molecule has 0 saturated heterocycles. The maximum atomic E-state index is 5.67. The second-order valence-electron chi connectivity index (χ2n) is 4.64. The second-order valence-corrected chi connectivity index (χ2v) is 4.64. The molecule has 3 aromatic rings. The molecule has 1 aliphatic heterocycles. The summed E-state index contributed by atoms with van der Waals surface area (Å²) in [6.45, 7) is 1.91. The van der Waals surface area contributed by atoms with Crippen molar-refractivity contribution in [2.45, 2.75) is 13.0 Å². The molecule has 1 aliphatic rings. The van der Waals surface area contributed by atoms with E-state index in [0.29, 0.717) is 19.8 Å². The minimum absolute atomic E-state index is 0.557. The average Bonchev–Trinajstić information content (AvgIpc) is 3.01. The van der Waals surface area contributed by atoms with Crippen LogP contribution in [0.2, 0.25) is 0 Å². The van der Waals surface area contributed by atoms with E-state index in [9.17, 15) is 0 Å². The van der Waals surface area contributed by atoms with Gasteiger partial charge in [-0.25, -0.2) is 14.6 Å². The number of ether oxygens (including phenoxy) is 2. The van der Waals surface area contributed by atoms with Crippen LogP contribution in [0.15, 0.2) is 24.8 Å². The molecule has 0 bridgehead atoms. The Bertz CT molecular complexity index is 692. The van der Waals surface area contributed by atoms with Gasteiger partial charge in [-0.3, -0.25) is 0 Å². The normalized spacial score (nSPS) is 14.4. The SMILES string of the molecule is c1ncn(Cc2nc3cc4c(cc3[nH]2)OCCCO4)n1. The van der Waals surface area contributed by atoms with E-state index in [2.05, 4.69) is 20.1 Å². The molecule has 7 nitrogen and oxygen atoms in total. The molecule has 0 atom stereocenters. The highest BCUT2D eigenvalue weighted by Crippen LogP contribution is 2.33. The van der Waals surface area contributed by atoms with Gasteiger partial charge in [0.05, 0.1) is 24.2 Å². The van der Waals surface area contributed by atoms with E-state index in [0.717, 1.165) is 34.8 Å². The predicted octanol–water partition coefficient (Wildman–Crippen LogP) is 1.36. The van der Waals surface area contributed by atoms with E-state index in [1.54, 1.807) is 11.0 Å². The number of imidazole rings is 1. The maximum Gasteiger partial charge on any atom is 0.163 e. The van der Waals surface area contributed by atoms with Crippen LogP contribution >= 0.6 is 0 Å². The van der Waals surface area contributed by atoms with Gasteiger partial charge >= 0.3 is 0 Å². The fraction of sp³-hybridized carbons (Fsp3) is 0.308. The number of aromatic amines is 1. The summed E-state index contributed by atoms with van der Waals surface area (Å²) < 4.78 is 13.1. The Balaban J connectivity index is 1.72. The average molecular weight is 271 g/mol. The van der Waals surface area contributed by atoms with Gasteiger partial charge in [0.25, 0.3) is 0 Å². The number of H-pyrrole nitrogens is 1. The van der Waals surface area contributed by atoms with E-state index in [-0.39, 0.29) is 0 Å². The van der Waals surface area contributed by atoms with E-state index in [1.807, 2.05) is 12.1 Å². The zero-order valence-corrected chi connectivity index (χ0v) is 10.7. The van der Waals surface area contributed by atoms with Crippen LogP contribution in [0.4, 0.5) is 0 Å². The molecule has 20 heavy (non-hydrogen) atoms. The standard InChI is InChI=1S/C13H13N5O2/c1-2-19-11-4-9-10(5-12(11)20-3-1)17-13(16-9)6-18-8-14-7-15-18/h4-5,7-8H,1-3,6H2,(H,16,17). The number of nitrogens with zero attached hydrogens (tertiary/aromatic N) is 4. The number of hydrogen-bond acceptors (Lipinski definition) is 5. The number of hydrogen-bond donors (Lipinski definition) is 1. The summed E-state index contributed by atoms with van der Waals surface area (Å²) in [7, 11) is 0. The van der Waals surface area contributed by atoms with Crippen LogP contribution in [0.5, 0.6) is 11.5 Å². The Morgan fingerprint density at radius 3 is 2.85 bits per heavy atom. The first kappa shape index (κ1) is 11.3. The van der Waals surface area contributed by atoms with E-state index >= 15 is 0 Å². The molecular formula is C13H13N5O2. The molecule has 0 saturated carbocycles. The molecule has 1 aromatic carbocycles. The first-order valence-corrected chi connectivity index (χ1v) is 6.49. The number of nitrogens with one attached hydrogen (secondary N) is 1. The highest BCUT2D eigenvalue weighted by Gasteiger charge is 2.14. The van der Waals surface area contributed by atoms with Crippen molar-refractivity contribution in [3.05, 3.63) is 30.6 Å². The lowest BCUT2D eigenvalue weighted by molar-refractivity contribution is 0.297. The third-order valence-electron chi connectivity index (χ3n) is 3.18. The van der Waals surface area contributed by atoms with Gasteiger partial charge in [0.15, 0.2) is 11.5 Å². The number of rotatable bonds is 2. The monoisotopic (exact) mass is 271 g/mol. The number of aromatic nitrogens is 5. The van der Waals surface area contributed by atoms with Gasteiger partial charge in [0.1, 0.15) is 25.0 Å². The first-order valence-electron chi connectivity index (χ1n) is 6.49. The lowest BCUT2D eigenvalue weighted by atomic mass is 10.3. The summed E-state index contributed by atoms with van der Waals surface area (Å²) in [5.74, 6) is 2.35. The van der Waals surface area contributed by atoms with E-state index < -0.39 is 0 Å². The van der Waals surface area contributed by atoms with Crippen molar-refractivity contribution in [1.82, 2.24) is 24.7 Å². The Morgan fingerprint density at radius 1 is 1.20 bits per heavy atom. The van der Waals surface area contributed by atoms with Gasteiger partial charge < -0.3 is 14.5 Å². The first-order chi connectivity index (χ1) is 9.88. The number of benzene rings is 1. The van der Waals surface area contributed by atoms with Gasteiger partial charge in [-0.05, 0) is 0 Å². The summed E-state index contributed by atoms with van der Waals surface area (Å²) in [6.07, 6.45) is 4.06. The molecule has 3 heterocycles. The highest BCUT2D eigenvalue weighted by molar-refractivity contribution is 5.79. The van der Waals surface area contributed by atoms with Gasteiger partial charge in [-0.1, -0.05) is 0 Å². The molecule has 0 radical (unpaired) electrons. The van der Waals surface area contributed by atoms with Gasteiger partial charge in [0, 0.05) is 18.6 Å².